The second-order valence-electron chi connectivity index (χ2n) is 6.46. The van der Waals surface area contributed by atoms with Gasteiger partial charge in [0.2, 0.25) is 5.91 Å². The lowest BCUT2D eigenvalue weighted by molar-refractivity contribution is -0.115. The number of carbonyl (C=O) groups excluding carboxylic acids is 1. The first-order valence-corrected chi connectivity index (χ1v) is 8.94. The van der Waals surface area contributed by atoms with Gasteiger partial charge in [-0.25, -0.2) is 4.98 Å². The number of fused-ring (bicyclic) bond motifs is 2. The first kappa shape index (κ1) is 15.4. The van der Waals surface area contributed by atoms with E-state index in [9.17, 15) is 4.79 Å². The number of aromatic amines is 1. The molecule has 24 heavy (non-hydrogen) atoms. The molecular formula is C18H20N4OS. The highest BCUT2D eigenvalue weighted by molar-refractivity contribution is 7.15. The van der Waals surface area contributed by atoms with Crippen LogP contribution >= 0.6 is 11.3 Å². The maximum Gasteiger partial charge on any atom is 0.230 e. The van der Waals surface area contributed by atoms with Gasteiger partial charge in [0.05, 0.1) is 12.1 Å². The number of carbonyl (C=O) groups is 1. The van der Waals surface area contributed by atoms with Gasteiger partial charge in [0.1, 0.15) is 0 Å². The summed E-state index contributed by atoms with van der Waals surface area (Å²) in [6.07, 6.45) is 3.23. The molecule has 0 saturated carbocycles. The van der Waals surface area contributed by atoms with Gasteiger partial charge in [-0.05, 0) is 31.2 Å². The van der Waals surface area contributed by atoms with Crippen LogP contribution in [0.1, 0.15) is 21.7 Å². The Morgan fingerprint density at radius 1 is 1.46 bits per heavy atom. The molecule has 1 amide bonds. The average Bonchev–Trinajstić information content (AvgIpc) is 3.10. The number of rotatable bonds is 3. The standard InChI is InChI=1S/C18H20N4OS/c1-11-3-4-13-12(9-19-15(13)7-11)8-17(23)21-18-20-14-5-6-22(2)10-16(14)24-18/h3-4,7,9,19H,5-6,8,10H2,1-2H3,(H,20,21,23). The van der Waals surface area contributed by atoms with Crippen molar-refractivity contribution in [3.8, 4) is 0 Å². The fraction of sp³-hybridized carbons (Fsp3) is 0.333. The number of nitrogens with one attached hydrogen (secondary N) is 2. The lowest BCUT2D eigenvalue weighted by Gasteiger charge is -2.20. The van der Waals surface area contributed by atoms with Gasteiger partial charge in [0.25, 0.3) is 0 Å². The number of benzene rings is 1. The summed E-state index contributed by atoms with van der Waals surface area (Å²) in [6, 6.07) is 6.24. The fourth-order valence-corrected chi connectivity index (χ4v) is 4.26. The number of amides is 1. The van der Waals surface area contributed by atoms with E-state index in [2.05, 4.69) is 52.4 Å². The molecule has 3 heterocycles. The summed E-state index contributed by atoms with van der Waals surface area (Å²) in [4.78, 5) is 23.8. The molecule has 0 radical (unpaired) electrons. The molecule has 0 aliphatic carbocycles. The minimum Gasteiger partial charge on any atom is -0.361 e. The number of hydrogen-bond donors (Lipinski definition) is 2. The predicted molar refractivity (Wildman–Crippen MR) is 97.5 cm³/mol. The molecule has 1 aliphatic rings. The summed E-state index contributed by atoms with van der Waals surface area (Å²) in [5.41, 5.74) is 4.43. The number of hydrogen-bond acceptors (Lipinski definition) is 4. The molecule has 1 aromatic carbocycles. The van der Waals surface area contributed by atoms with Crippen LogP contribution in [0, 0.1) is 6.92 Å². The Bertz CT molecular complexity index is 911. The van der Waals surface area contributed by atoms with Crippen LogP contribution in [0.15, 0.2) is 24.4 Å². The van der Waals surface area contributed by atoms with Crippen LogP contribution in [0.5, 0.6) is 0 Å². The third-order valence-electron chi connectivity index (χ3n) is 4.44. The number of aromatic nitrogens is 2. The summed E-state index contributed by atoms with van der Waals surface area (Å²) in [5.74, 6) is -0.0177. The highest BCUT2D eigenvalue weighted by Gasteiger charge is 2.19. The molecule has 0 spiro atoms. The van der Waals surface area contributed by atoms with Crippen molar-refractivity contribution < 1.29 is 4.79 Å². The minimum atomic E-state index is -0.0177. The van der Waals surface area contributed by atoms with Gasteiger partial charge >= 0.3 is 0 Å². The fourth-order valence-electron chi connectivity index (χ4n) is 3.16. The topological polar surface area (TPSA) is 61.0 Å². The van der Waals surface area contributed by atoms with Gasteiger partial charge in [-0.3, -0.25) is 4.79 Å². The number of thiazole rings is 1. The van der Waals surface area contributed by atoms with Gasteiger partial charge in [0, 0.05) is 41.5 Å². The maximum absolute atomic E-state index is 12.4. The van der Waals surface area contributed by atoms with Gasteiger partial charge in [0.15, 0.2) is 5.13 Å². The molecule has 124 valence electrons. The Kier molecular flexibility index (Phi) is 3.86. The number of nitrogens with zero attached hydrogens (tertiary/aromatic N) is 2. The van der Waals surface area contributed by atoms with Crippen LogP contribution in [0.25, 0.3) is 10.9 Å². The van der Waals surface area contributed by atoms with Crippen LogP contribution in [0.2, 0.25) is 0 Å². The molecule has 0 bridgehead atoms. The smallest absolute Gasteiger partial charge is 0.230 e. The van der Waals surface area contributed by atoms with E-state index in [0.717, 1.165) is 46.8 Å². The van der Waals surface area contributed by atoms with E-state index in [0.29, 0.717) is 6.42 Å². The van der Waals surface area contributed by atoms with Gasteiger partial charge < -0.3 is 15.2 Å². The highest BCUT2D eigenvalue weighted by Crippen LogP contribution is 2.28. The Morgan fingerprint density at radius 3 is 3.21 bits per heavy atom. The second-order valence-corrected chi connectivity index (χ2v) is 7.55. The van der Waals surface area contributed by atoms with Crippen LogP contribution in [0.4, 0.5) is 5.13 Å². The van der Waals surface area contributed by atoms with E-state index in [1.165, 1.54) is 10.4 Å². The Hall–Kier alpha value is -2.18. The first-order valence-electron chi connectivity index (χ1n) is 8.12. The molecule has 0 saturated heterocycles. The summed E-state index contributed by atoms with van der Waals surface area (Å²) < 4.78 is 0. The third-order valence-corrected chi connectivity index (χ3v) is 5.44. The van der Waals surface area contributed by atoms with Crippen molar-refractivity contribution in [3.63, 3.8) is 0 Å². The Morgan fingerprint density at radius 2 is 2.33 bits per heavy atom. The van der Waals surface area contributed by atoms with Crippen molar-refractivity contribution in [2.45, 2.75) is 26.3 Å². The number of likely N-dealkylation sites (N-methyl/N-ethyl adjacent to an activating group) is 1. The zero-order chi connectivity index (χ0) is 16.7. The van der Waals surface area contributed by atoms with Crippen LogP contribution < -0.4 is 5.32 Å². The zero-order valence-corrected chi connectivity index (χ0v) is 14.7. The van der Waals surface area contributed by atoms with Crippen LogP contribution in [-0.4, -0.2) is 34.4 Å². The monoisotopic (exact) mass is 340 g/mol. The average molecular weight is 340 g/mol. The van der Waals surface area contributed by atoms with E-state index in [-0.39, 0.29) is 5.91 Å². The lowest BCUT2D eigenvalue weighted by Crippen LogP contribution is -2.25. The molecule has 3 aromatic rings. The summed E-state index contributed by atoms with van der Waals surface area (Å²) in [5, 5.41) is 4.79. The molecule has 2 N–H and O–H groups in total. The maximum atomic E-state index is 12.4. The molecule has 0 fully saturated rings. The number of aryl methyl sites for hydroxylation is 1. The first-order chi connectivity index (χ1) is 11.6. The highest BCUT2D eigenvalue weighted by atomic mass is 32.1. The van der Waals surface area contributed by atoms with Crippen molar-refractivity contribution in [1.82, 2.24) is 14.9 Å². The predicted octanol–water partition coefficient (Wildman–Crippen LogP) is 3.10. The second kappa shape index (κ2) is 6.03. The Balaban J connectivity index is 1.48. The molecule has 4 rings (SSSR count). The SMILES string of the molecule is Cc1ccc2c(CC(=O)Nc3nc4c(s3)CN(C)CC4)c[nH]c2c1. The van der Waals surface area contributed by atoms with Crippen LogP contribution in [-0.2, 0) is 24.2 Å². The summed E-state index contributed by atoms with van der Waals surface area (Å²) >= 11 is 1.59. The van der Waals surface area contributed by atoms with Crippen molar-refractivity contribution in [2.24, 2.45) is 0 Å². The largest absolute Gasteiger partial charge is 0.361 e. The normalized spacial score (nSPS) is 14.8. The van der Waals surface area contributed by atoms with Crippen molar-refractivity contribution in [2.75, 3.05) is 18.9 Å². The number of anilines is 1. The number of H-pyrrole nitrogens is 1. The van der Waals surface area contributed by atoms with Crippen molar-refractivity contribution >= 4 is 33.3 Å². The third kappa shape index (κ3) is 2.95. The van der Waals surface area contributed by atoms with Crippen LogP contribution in [0.3, 0.4) is 0 Å². The van der Waals surface area contributed by atoms with Gasteiger partial charge in [-0.15, -0.1) is 11.3 Å². The zero-order valence-electron chi connectivity index (χ0n) is 13.8. The van der Waals surface area contributed by atoms with E-state index in [1.54, 1.807) is 11.3 Å². The van der Waals surface area contributed by atoms with Gasteiger partial charge in [-0.1, -0.05) is 12.1 Å². The van der Waals surface area contributed by atoms with Gasteiger partial charge in [-0.2, -0.15) is 0 Å². The molecular weight excluding hydrogens is 320 g/mol. The molecule has 5 nitrogen and oxygen atoms in total. The molecule has 0 atom stereocenters. The van der Waals surface area contributed by atoms with E-state index in [4.69, 9.17) is 0 Å². The van der Waals surface area contributed by atoms with E-state index < -0.39 is 0 Å². The van der Waals surface area contributed by atoms with E-state index >= 15 is 0 Å². The molecule has 2 aromatic heterocycles. The summed E-state index contributed by atoms with van der Waals surface area (Å²) in [7, 11) is 2.11. The van der Waals surface area contributed by atoms with E-state index in [1.807, 2.05) is 6.20 Å². The molecule has 0 unspecified atom stereocenters. The quantitative estimate of drug-likeness (QED) is 0.770. The van der Waals surface area contributed by atoms with Crippen molar-refractivity contribution in [3.05, 3.63) is 46.1 Å². The lowest BCUT2D eigenvalue weighted by atomic mass is 10.1. The molecule has 1 aliphatic heterocycles. The Labute approximate surface area is 144 Å². The minimum absolute atomic E-state index is 0.0177. The summed E-state index contributed by atoms with van der Waals surface area (Å²) in [6.45, 7) is 4.01. The van der Waals surface area contributed by atoms with Crippen molar-refractivity contribution in [1.29, 1.82) is 0 Å². The molecule has 6 heteroatoms.